The second-order valence-electron chi connectivity index (χ2n) is 11.1. The number of rotatable bonds is 6. The van der Waals surface area contributed by atoms with Crippen molar-refractivity contribution in [1.82, 2.24) is 0 Å². The summed E-state index contributed by atoms with van der Waals surface area (Å²) in [5, 5.41) is 11.1. The number of nitro benzene ring substituents is 1. The first-order chi connectivity index (χ1) is 19.3. The molecule has 0 unspecified atom stereocenters. The zero-order valence-corrected chi connectivity index (χ0v) is 21.5. The Bertz CT molecular complexity index is 1500. The summed E-state index contributed by atoms with van der Waals surface area (Å²) in [7, 11) is 1.34. The van der Waals surface area contributed by atoms with E-state index in [2.05, 4.69) is 12.2 Å². The van der Waals surface area contributed by atoms with Crippen LogP contribution in [0.1, 0.15) is 12.8 Å². The number of anilines is 2. The highest BCUT2D eigenvalue weighted by Crippen LogP contribution is 2.65. The molecular formula is C29H25N3O8. The number of benzene rings is 2. The van der Waals surface area contributed by atoms with Gasteiger partial charge >= 0.3 is 5.97 Å². The lowest BCUT2D eigenvalue weighted by Crippen LogP contribution is -2.40. The zero-order valence-electron chi connectivity index (χ0n) is 21.5. The molecule has 2 saturated carbocycles. The number of hydrogen-bond acceptors (Lipinski definition) is 8. The maximum absolute atomic E-state index is 13.4. The van der Waals surface area contributed by atoms with Gasteiger partial charge in [0.15, 0.2) is 0 Å². The molecule has 204 valence electrons. The molecule has 2 bridgehead atoms. The maximum Gasteiger partial charge on any atom is 0.316 e. The van der Waals surface area contributed by atoms with Gasteiger partial charge < -0.3 is 14.4 Å². The van der Waals surface area contributed by atoms with Gasteiger partial charge in [0, 0.05) is 25.1 Å². The van der Waals surface area contributed by atoms with Gasteiger partial charge in [-0.1, -0.05) is 18.2 Å². The predicted molar refractivity (Wildman–Crippen MR) is 139 cm³/mol. The van der Waals surface area contributed by atoms with Crippen LogP contribution in [0.5, 0.6) is 11.5 Å². The highest BCUT2D eigenvalue weighted by atomic mass is 16.6. The Morgan fingerprint density at radius 3 is 2.35 bits per heavy atom. The number of imide groups is 1. The summed E-state index contributed by atoms with van der Waals surface area (Å²) in [6.07, 6.45) is 5.21. The molecule has 4 fully saturated rings. The van der Waals surface area contributed by atoms with Crippen molar-refractivity contribution < 1.29 is 33.6 Å². The van der Waals surface area contributed by atoms with Crippen molar-refractivity contribution in [3.63, 3.8) is 0 Å². The highest BCUT2D eigenvalue weighted by Gasteiger charge is 2.67. The molecule has 2 aliphatic heterocycles. The number of ether oxygens (including phenoxy) is 2. The van der Waals surface area contributed by atoms with Gasteiger partial charge in [-0.05, 0) is 48.3 Å². The third-order valence-electron chi connectivity index (χ3n) is 9.08. The molecule has 4 aliphatic carbocycles. The van der Waals surface area contributed by atoms with Crippen LogP contribution in [0.2, 0.25) is 0 Å². The van der Waals surface area contributed by atoms with E-state index in [0.717, 1.165) is 6.42 Å². The number of carbonyl (C=O) groups excluding carboxylic acids is 4. The van der Waals surface area contributed by atoms with Gasteiger partial charge in [0.1, 0.15) is 11.5 Å². The molecule has 6 aliphatic rings. The lowest BCUT2D eigenvalue weighted by atomic mass is 9.63. The molecule has 0 aromatic heterocycles. The summed E-state index contributed by atoms with van der Waals surface area (Å²) in [5.74, 6) is -1.29. The van der Waals surface area contributed by atoms with Crippen molar-refractivity contribution in [3.8, 4) is 11.5 Å². The second-order valence-corrected chi connectivity index (χ2v) is 11.1. The summed E-state index contributed by atoms with van der Waals surface area (Å²) >= 11 is 0. The SMILES string of the molecule is COc1cc([N+](=O)[O-])ccc1N1C[C@H](C(=O)Oc2cccc(N3C(=O)[C@@H]4[C@H]5C=C[C@@H]([C@@H]6C[C@@H]56)[C@@H]4C3=O)c2)CC1=O. The number of nitrogens with zero attached hydrogens (tertiary/aromatic N) is 3. The zero-order chi connectivity index (χ0) is 27.9. The van der Waals surface area contributed by atoms with Crippen molar-refractivity contribution in [2.75, 3.05) is 23.5 Å². The summed E-state index contributed by atoms with van der Waals surface area (Å²) in [6, 6.07) is 10.3. The fraction of sp³-hybridized carbons (Fsp3) is 0.379. The van der Waals surface area contributed by atoms with E-state index in [1.807, 2.05) is 0 Å². The molecule has 0 N–H and O–H groups in total. The number of allylic oxidation sites excluding steroid dienone is 2. The minimum Gasteiger partial charge on any atom is -0.494 e. The van der Waals surface area contributed by atoms with Gasteiger partial charge in [0.05, 0.1) is 47.2 Å². The molecule has 8 rings (SSSR count). The fourth-order valence-electron chi connectivity index (χ4n) is 7.20. The van der Waals surface area contributed by atoms with Gasteiger partial charge in [0.2, 0.25) is 17.7 Å². The molecule has 0 spiro atoms. The topological polar surface area (TPSA) is 136 Å². The van der Waals surface area contributed by atoms with Crippen LogP contribution >= 0.6 is 0 Å². The minimum atomic E-state index is -0.789. The Hall–Kier alpha value is -4.54. The molecule has 0 radical (unpaired) electrons. The number of carbonyl (C=O) groups is 4. The predicted octanol–water partition coefficient (Wildman–Crippen LogP) is 3.12. The van der Waals surface area contributed by atoms with E-state index in [-0.39, 0.29) is 71.5 Å². The molecule has 2 aromatic carbocycles. The standard InChI is InChI=1S/C29H25N3O8/c1-39-23-11-16(32(37)38)5-8-22(23)30-13-14(9-24(30)33)29(36)40-17-4-2-3-15(10-17)31-27(34)25-18-6-7-19(21-12-20(18)21)26(25)28(31)35/h2-8,10-11,14,18-21,25-26H,9,12-13H2,1H3/t14-,18+,19+,20+,21+,25-,26+/m1/s1. The van der Waals surface area contributed by atoms with Gasteiger partial charge in [0.25, 0.3) is 5.69 Å². The van der Waals surface area contributed by atoms with E-state index in [0.29, 0.717) is 23.2 Å². The summed E-state index contributed by atoms with van der Waals surface area (Å²) < 4.78 is 10.9. The number of esters is 1. The van der Waals surface area contributed by atoms with Crippen LogP contribution in [-0.4, -0.2) is 42.3 Å². The highest BCUT2D eigenvalue weighted by molar-refractivity contribution is 6.22. The van der Waals surface area contributed by atoms with Gasteiger partial charge in [-0.3, -0.25) is 29.3 Å². The van der Waals surface area contributed by atoms with Crippen LogP contribution in [0.4, 0.5) is 17.1 Å². The van der Waals surface area contributed by atoms with Crippen LogP contribution in [0.3, 0.4) is 0 Å². The van der Waals surface area contributed by atoms with Crippen LogP contribution in [0, 0.1) is 51.5 Å². The maximum atomic E-state index is 13.4. The monoisotopic (exact) mass is 543 g/mol. The minimum absolute atomic E-state index is 0.0100. The summed E-state index contributed by atoms with van der Waals surface area (Å²) in [4.78, 5) is 65.8. The lowest BCUT2D eigenvalue weighted by molar-refractivity contribution is -0.384. The summed E-state index contributed by atoms with van der Waals surface area (Å²) in [6.45, 7) is 0.0100. The van der Waals surface area contributed by atoms with E-state index in [4.69, 9.17) is 9.47 Å². The number of nitro groups is 1. The molecule has 3 amide bonds. The molecular weight excluding hydrogens is 518 g/mol. The Balaban J connectivity index is 1.07. The van der Waals surface area contributed by atoms with Gasteiger partial charge in [-0.15, -0.1) is 0 Å². The molecule has 11 heteroatoms. The van der Waals surface area contributed by atoms with Crippen LogP contribution in [0.25, 0.3) is 0 Å². The van der Waals surface area contributed by atoms with Crippen molar-refractivity contribution in [3.05, 3.63) is 64.7 Å². The average molecular weight is 544 g/mol. The number of amides is 3. The Labute approximate surface area is 228 Å². The summed E-state index contributed by atoms with van der Waals surface area (Å²) in [5.41, 5.74) is 0.504. The van der Waals surface area contributed by atoms with Crippen LogP contribution in [-0.2, 0) is 19.2 Å². The van der Waals surface area contributed by atoms with Crippen molar-refractivity contribution in [2.24, 2.45) is 41.4 Å². The first kappa shape index (κ1) is 24.5. The fourth-order valence-corrected chi connectivity index (χ4v) is 7.20. The van der Waals surface area contributed by atoms with Gasteiger partial charge in [-0.2, -0.15) is 0 Å². The third-order valence-corrected chi connectivity index (χ3v) is 9.08. The molecule has 2 heterocycles. The van der Waals surface area contributed by atoms with E-state index < -0.39 is 16.8 Å². The third kappa shape index (κ3) is 3.56. The second kappa shape index (κ2) is 8.73. The first-order valence-electron chi connectivity index (χ1n) is 13.3. The van der Waals surface area contributed by atoms with Gasteiger partial charge in [-0.25, -0.2) is 4.90 Å². The molecule has 2 saturated heterocycles. The van der Waals surface area contributed by atoms with Crippen molar-refractivity contribution >= 4 is 40.8 Å². The van der Waals surface area contributed by atoms with E-state index in [1.54, 1.807) is 18.2 Å². The number of non-ortho nitro benzene ring substituents is 1. The Morgan fingerprint density at radius 2 is 1.70 bits per heavy atom. The van der Waals surface area contributed by atoms with Crippen LogP contribution < -0.4 is 19.3 Å². The van der Waals surface area contributed by atoms with E-state index >= 15 is 0 Å². The Morgan fingerprint density at radius 1 is 1.00 bits per heavy atom. The van der Waals surface area contributed by atoms with Crippen LogP contribution in [0.15, 0.2) is 54.6 Å². The molecule has 11 nitrogen and oxygen atoms in total. The van der Waals surface area contributed by atoms with E-state index in [9.17, 15) is 29.3 Å². The van der Waals surface area contributed by atoms with Crippen molar-refractivity contribution in [1.29, 1.82) is 0 Å². The lowest BCUT2D eigenvalue weighted by Gasteiger charge is -2.37. The first-order valence-corrected chi connectivity index (χ1v) is 13.3. The van der Waals surface area contributed by atoms with E-state index in [1.165, 1.54) is 41.2 Å². The average Bonchev–Trinajstić information content (AvgIpc) is 3.63. The number of hydrogen-bond donors (Lipinski definition) is 0. The largest absolute Gasteiger partial charge is 0.494 e. The molecule has 40 heavy (non-hydrogen) atoms. The Kier molecular flexibility index (Phi) is 5.35. The number of methoxy groups -OCH3 is 1. The smallest absolute Gasteiger partial charge is 0.316 e. The quantitative estimate of drug-likeness (QED) is 0.135. The molecule has 2 aromatic rings. The normalized spacial score (nSPS) is 31.3. The van der Waals surface area contributed by atoms with Crippen molar-refractivity contribution in [2.45, 2.75) is 12.8 Å². The molecule has 7 atom stereocenters.